The number of carbonyl (C=O) groups excluding carboxylic acids is 2. The van der Waals surface area contributed by atoms with Gasteiger partial charge in [-0.25, -0.2) is 0 Å². The van der Waals surface area contributed by atoms with Crippen molar-refractivity contribution in [3.8, 4) is 0 Å². The van der Waals surface area contributed by atoms with E-state index in [1.807, 2.05) is 34.9 Å². The molecule has 3 heterocycles. The smallest absolute Gasteiger partial charge is 0.272 e. The Morgan fingerprint density at radius 1 is 1.16 bits per heavy atom. The van der Waals surface area contributed by atoms with Crippen LogP contribution in [0.25, 0.3) is 0 Å². The van der Waals surface area contributed by atoms with Gasteiger partial charge in [-0.2, -0.15) is 0 Å². The van der Waals surface area contributed by atoms with Crippen LogP contribution < -0.4 is 10.6 Å². The number of fused-ring (bicyclic) bond motifs is 1. The van der Waals surface area contributed by atoms with Crippen molar-refractivity contribution in [3.05, 3.63) is 70.4 Å². The van der Waals surface area contributed by atoms with E-state index in [0.717, 1.165) is 43.5 Å². The molecule has 7 nitrogen and oxygen atoms in total. The highest BCUT2D eigenvalue weighted by Crippen LogP contribution is 2.27. The van der Waals surface area contributed by atoms with Crippen LogP contribution in [-0.4, -0.2) is 21.5 Å². The van der Waals surface area contributed by atoms with E-state index in [1.54, 1.807) is 19.9 Å². The minimum atomic E-state index is -0.258. The van der Waals surface area contributed by atoms with Crippen molar-refractivity contribution in [1.29, 1.82) is 0 Å². The average molecular weight is 421 g/mol. The topological polar surface area (TPSA) is 89.2 Å². The number of rotatable bonds is 6. The van der Waals surface area contributed by atoms with Gasteiger partial charge >= 0.3 is 0 Å². The summed E-state index contributed by atoms with van der Waals surface area (Å²) >= 11 is 0. The Bertz CT molecular complexity index is 1080. The predicted molar refractivity (Wildman–Crippen MR) is 118 cm³/mol. The van der Waals surface area contributed by atoms with E-state index in [9.17, 15) is 9.59 Å². The average Bonchev–Trinajstić information content (AvgIpc) is 3.33. The van der Waals surface area contributed by atoms with Crippen LogP contribution in [-0.2, 0) is 13.0 Å². The van der Waals surface area contributed by atoms with Gasteiger partial charge in [-0.1, -0.05) is 42.4 Å². The van der Waals surface area contributed by atoms with Crippen molar-refractivity contribution in [3.63, 3.8) is 0 Å². The zero-order valence-corrected chi connectivity index (χ0v) is 18.2. The van der Waals surface area contributed by atoms with Crippen LogP contribution in [0.2, 0.25) is 0 Å². The van der Waals surface area contributed by atoms with Gasteiger partial charge in [0, 0.05) is 12.2 Å². The number of nitrogens with zero attached hydrogens (tertiary/aromatic N) is 2. The molecule has 3 aromatic rings. The second-order valence-corrected chi connectivity index (χ2v) is 8.00. The van der Waals surface area contributed by atoms with Gasteiger partial charge in [0.1, 0.15) is 17.1 Å². The van der Waals surface area contributed by atoms with Crippen molar-refractivity contribution in [2.75, 3.05) is 5.32 Å². The molecule has 0 saturated carbocycles. The molecular weight excluding hydrogens is 392 g/mol. The first-order chi connectivity index (χ1) is 15.0. The molecule has 0 fully saturated rings. The van der Waals surface area contributed by atoms with Gasteiger partial charge in [-0.3, -0.25) is 9.59 Å². The molecule has 7 heteroatoms. The van der Waals surface area contributed by atoms with E-state index < -0.39 is 0 Å². The second-order valence-electron chi connectivity index (χ2n) is 8.00. The van der Waals surface area contributed by atoms with Crippen molar-refractivity contribution in [2.45, 2.75) is 59.0 Å². The van der Waals surface area contributed by atoms with Crippen LogP contribution in [0, 0.1) is 13.8 Å². The summed E-state index contributed by atoms with van der Waals surface area (Å²) < 4.78 is 7.13. The Kier molecular flexibility index (Phi) is 5.93. The first-order valence-electron chi connectivity index (χ1n) is 10.8. The summed E-state index contributed by atoms with van der Waals surface area (Å²) in [5.74, 6) is 0.160. The van der Waals surface area contributed by atoms with Crippen molar-refractivity contribution >= 4 is 17.5 Å². The summed E-state index contributed by atoms with van der Waals surface area (Å²) in [7, 11) is 0. The summed E-state index contributed by atoms with van der Waals surface area (Å²) in [6.07, 6.45) is 3.55. The molecule has 0 radical (unpaired) electrons. The molecule has 162 valence electrons. The van der Waals surface area contributed by atoms with Gasteiger partial charge in [0.15, 0.2) is 5.76 Å². The highest BCUT2D eigenvalue weighted by molar-refractivity contribution is 6.06. The van der Waals surface area contributed by atoms with Gasteiger partial charge in [-0.15, -0.1) is 0 Å². The fourth-order valence-electron chi connectivity index (χ4n) is 4.24. The first-order valence-corrected chi connectivity index (χ1v) is 10.8. The molecule has 2 N–H and O–H groups in total. The molecule has 1 aromatic carbocycles. The van der Waals surface area contributed by atoms with Crippen LogP contribution >= 0.6 is 0 Å². The molecular formula is C24H28N4O3. The number of anilines is 1. The van der Waals surface area contributed by atoms with Crippen molar-refractivity contribution < 1.29 is 14.1 Å². The Balaban J connectivity index is 1.62. The lowest BCUT2D eigenvalue weighted by Gasteiger charge is -2.20. The largest absolute Gasteiger partial charge is 0.359 e. The maximum atomic E-state index is 13.2. The van der Waals surface area contributed by atoms with Crippen LogP contribution in [0.3, 0.4) is 0 Å². The number of hydrogen-bond donors (Lipinski definition) is 2. The quantitative estimate of drug-likeness (QED) is 0.612. The number of aromatic nitrogens is 2. The molecule has 1 aliphatic rings. The first kappa shape index (κ1) is 20.9. The Morgan fingerprint density at radius 2 is 1.94 bits per heavy atom. The van der Waals surface area contributed by atoms with Crippen LogP contribution in [0.5, 0.6) is 0 Å². The van der Waals surface area contributed by atoms with Crippen LogP contribution in [0.15, 0.2) is 40.9 Å². The fraction of sp³-hybridized carbons (Fsp3) is 0.375. The van der Waals surface area contributed by atoms with E-state index in [-0.39, 0.29) is 17.9 Å². The molecule has 4 rings (SSSR count). The zero-order chi connectivity index (χ0) is 22.0. The third-order valence-electron chi connectivity index (χ3n) is 5.92. The van der Waals surface area contributed by atoms with Gasteiger partial charge < -0.3 is 19.7 Å². The third kappa shape index (κ3) is 4.13. The van der Waals surface area contributed by atoms with Gasteiger partial charge in [-0.05, 0) is 51.2 Å². The fourth-order valence-corrected chi connectivity index (χ4v) is 4.24. The van der Waals surface area contributed by atoms with E-state index >= 15 is 0 Å². The molecule has 2 aromatic heterocycles. The lowest BCUT2D eigenvalue weighted by atomic mass is 10.0. The van der Waals surface area contributed by atoms with E-state index in [2.05, 4.69) is 22.7 Å². The molecule has 1 atom stereocenters. The SMILES string of the molecule is CC[C@@H](NC(=O)c1cc(C(=O)Nc2c(C)noc2C)n2c1CCCC2)c1ccccc1. The number of benzene rings is 1. The standard InChI is InChI=1S/C24H28N4O3/c1-4-19(17-10-6-5-7-11-17)25-23(29)18-14-21(28-13-9-8-12-20(18)28)24(30)26-22-15(2)27-31-16(22)3/h5-7,10-11,14,19H,4,8-9,12-13H2,1-3H3,(H,25,29)(H,26,30)/t19-/m1/s1. The van der Waals surface area contributed by atoms with E-state index in [4.69, 9.17) is 4.52 Å². The minimum Gasteiger partial charge on any atom is -0.359 e. The molecule has 0 bridgehead atoms. The summed E-state index contributed by atoms with van der Waals surface area (Å²) in [5, 5.41) is 9.96. The number of nitrogens with one attached hydrogen (secondary N) is 2. The summed E-state index contributed by atoms with van der Waals surface area (Å²) in [5.41, 5.74) is 4.28. The predicted octanol–water partition coefficient (Wildman–Crippen LogP) is 4.56. The lowest BCUT2D eigenvalue weighted by Crippen LogP contribution is -2.29. The molecule has 0 unspecified atom stereocenters. The Hall–Kier alpha value is -3.35. The summed E-state index contributed by atoms with van der Waals surface area (Å²) in [4.78, 5) is 26.3. The lowest BCUT2D eigenvalue weighted by molar-refractivity contribution is 0.0933. The zero-order valence-electron chi connectivity index (χ0n) is 18.2. The van der Waals surface area contributed by atoms with Gasteiger partial charge in [0.2, 0.25) is 0 Å². The second kappa shape index (κ2) is 8.79. The van der Waals surface area contributed by atoms with Crippen LogP contribution in [0.4, 0.5) is 5.69 Å². The maximum Gasteiger partial charge on any atom is 0.272 e. The monoisotopic (exact) mass is 420 g/mol. The van der Waals surface area contributed by atoms with E-state index in [0.29, 0.717) is 28.4 Å². The van der Waals surface area contributed by atoms with Gasteiger partial charge in [0.25, 0.3) is 11.8 Å². The summed E-state index contributed by atoms with van der Waals surface area (Å²) in [6, 6.07) is 11.6. The van der Waals surface area contributed by atoms with Gasteiger partial charge in [0.05, 0.1) is 11.6 Å². The molecule has 0 spiro atoms. The highest BCUT2D eigenvalue weighted by Gasteiger charge is 2.27. The summed E-state index contributed by atoms with van der Waals surface area (Å²) in [6.45, 7) is 6.32. The van der Waals surface area contributed by atoms with Crippen molar-refractivity contribution in [2.24, 2.45) is 0 Å². The molecule has 1 aliphatic heterocycles. The number of carbonyl (C=O) groups is 2. The normalized spacial score (nSPS) is 14.0. The number of amides is 2. The molecule has 31 heavy (non-hydrogen) atoms. The van der Waals surface area contributed by atoms with E-state index in [1.165, 1.54) is 0 Å². The highest BCUT2D eigenvalue weighted by atomic mass is 16.5. The molecule has 2 amide bonds. The third-order valence-corrected chi connectivity index (χ3v) is 5.92. The number of aryl methyl sites for hydroxylation is 2. The Morgan fingerprint density at radius 3 is 2.61 bits per heavy atom. The van der Waals surface area contributed by atoms with Crippen LogP contribution in [0.1, 0.15) is 75.8 Å². The molecule has 0 saturated heterocycles. The number of hydrogen-bond acceptors (Lipinski definition) is 4. The molecule has 0 aliphatic carbocycles. The maximum absolute atomic E-state index is 13.2. The minimum absolute atomic E-state index is 0.0765. The Labute approximate surface area is 181 Å². The van der Waals surface area contributed by atoms with Crippen molar-refractivity contribution in [1.82, 2.24) is 15.0 Å².